The molecule has 1 saturated heterocycles. The molecule has 0 saturated carbocycles. The van der Waals surface area contributed by atoms with Gasteiger partial charge in [0.25, 0.3) is 0 Å². The maximum Gasteiger partial charge on any atom is 0.243 e. The van der Waals surface area contributed by atoms with Crippen LogP contribution in [0.25, 0.3) is 0 Å². The number of nitrogens with zero attached hydrogens (tertiary/aromatic N) is 1. The summed E-state index contributed by atoms with van der Waals surface area (Å²) in [5.41, 5.74) is 0. The average molecular weight is 345 g/mol. The quantitative estimate of drug-likeness (QED) is 0.892. The molecule has 0 spiro atoms. The topological polar surface area (TPSA) is 66.5 Å². The summed E-state index contributed by atoms with van der Waals surface area (Å²) in [6, 6.07) is 5.43. The molecule has 0 unspecified atom stereocenters. The largest absolute Gasteiger partial charge is 0.352 e. The smallest absolute Gasteiger partial charge is 0.243 e. The summed E-state index contributed by atoms with van der Waals surface area (Å²) in [5, 5.41) is 3.35. The summed E-state index contributed by atoms with van der Waals surface area (Å²) in [7, 11) is -3.68. The highest BCUT2D eigenvalue weighted by molar-refractivity contribution is 7.89. The lowest BCUT2D eigenvalue weighted by Crippen LogP contribution is -2.48. The second-order valence-electron chi connectivity index (χ2n) is 5.55. The Morgan fingerprint density at radius 2 is 2.05 bits per heavy atom. The van der Waals surface area contributed by atoms with E-state index in [4.69, 9.17) is 11.6 Å². The summed E-state index contributed by atoms with van der Waals surface area (Å²) in [6.45, 7) is 4.25. The fourth-order valence-corrected chi connectivity index (χ4v) is 4.26. The van der Waals surface area contributed by atoms with Gasteiger partial charge in [0.15, 0.2) is 0 Å². The number of carbonyl (C=O) groups is 1. The lowest BCUT2D eigenvalue weighted by atomic mass is 10.2. The first-order chi connectivity index (χ1) is 10.4. The Morgan fingerprint density at radius 1 is 1.41 bits per heavy atom. The van der Waals surface area contributed by atoms with Crippen LogP contribution in [-0.2, 0) is 14.8 Å². The molecule has 1 N–H and O–H groups in total. The van der Waals surface area contributed by atoms with E-state index in [1.165, 1.54) is 16.4 Å². The van der Waals surface area contributed by atoms with E-state index in [0.29, 0.717) is 24.4 Å². The van der Waals surface area contributed by atoms with Crippen LogP contribution in [0, 0.1) is 0 Å². The number of amides is 1. The van der Waals surface area contributed by atoms with Crippen LogP contribution in [0.2, 0.25) is 5.02 Å². The number of hydrogen-bond acceptors (Lipinski definition) is 3. The number of rotatable bonds is 5. The normalized spacial score (nSPS) is 20.8. The molecule has 0 aromatic heterocycles. The van der Waals surface area contributed by atoms with Crippen LogP contribution in [0.1, 0.15) is 33.1 Å². The molecule has 2 rings (SSSR count). The molecule has 1 heterocycles. The molecule has 1 fully saturated rings. The minimum Gasteiger partial charge on any atom is -0.352 e. The molecule has 0 aliphatic carbocycles. The summed E-state index contributed by atoms with van der Waals surface area (Å²) < 4.78 is 26.7. The van der Waals surface area contributed by atoms with Crippen LogP contribution in [0.15, 0.2) is 29.2 Å². The number of sulfonamides is 1. The van der Waals surface area contributed by atoms with Gasteiger partial charge in [0, 0.05) is 17.6 Å². The van der Waals surface area contributed by atoms with E-state index in [0.717, 1.165) is 6.42 Å². The first-order valence-corrected chi connectivity index (χ1v) is 9.26. The fourth-order valence-electron chi connectivity index (χ4n) is 2.47. The molecule has 5 nitrogen and oxygen atoms in total. The van der Waals surface area contributed by atoms with Crippen molar-refractivity contribution in [3.63, 3.8) is 0 Å². The van der Waals surface area contributed by atoms with Gasteiger partial charge >= 0.3 is 0 Å². The van der Waals surface area contributed by atoms with Gasteiger partial charge in [-0.05, 0) is 50.5 Å². The molecule has 1 aromatic carbocycles. The van der Waals surface area contributed by atoms with Crippen molar-refractivity contribution in [3.05, 3.63) is 29.3 Å². The number of nitrogens with one attached hydrogen (secondary N) is 1. The van der Waals surface area contributed by atoms with Gasteiger partial charge in [0.2, 0.25) is 15.9 Å². The van der Waals surface area contributed by atoms with Crippen molar-refractivity contribution in [1.29, 1.82) is 0 Å². The molecule has 1 aliphatic rings. The molecule has 0 radical (unpaired) electrons. The molecule has 0 bridgehead atoms. The van der Waals surface area contributed by atoms with Crippen LogP contribution >= 0.6 is 11.6 Å². The van der Waals surface area contributed by atoms with Crippen molar-refractivity contribution in [1.82, 2.24) is 9.62 Å². The lowest BCUT2D eigenvalue weighted by molar-refractivity contribution is -0.124. The van der Waals surface area contributed by atoms with Gasteiger partial charge in [0.1, 0.15) is 6.04 Å². The fraction of sp³-hybridized carbons (Fsp3) is 0.533. The summed E-state index contributed by atoms with van der Waals surface area (Å²) in [5.74, 6) is -0.218. The first-order valence-electron chi connectivity index (χ1n) is 7.44. The summed E-state index contributed by atoms with van der Waals surface area (Å²) in [4.78, 5) is 12.5. The van der Waals surface area contributed by atoms with E-state index < -0.39 is 16.1 Å². The molecule has 22 heavy (non-hydrogen) atoms. The van der Waals surface area contributed by atoms with Gasteiger partial charge in [0.05, 0.1) is 4.90 Å². The zero-order valence-corrected chi connectivity index (χ0v) is 14.3. The van der Waals surface area contributed by atoms with E-state index in [1.54, 1.807) is 12.1 Å². The van der Waals surface area contributed by atoms with Crippen LogP contribution in [-0.4, -0.2) is 37.3 Å². The van der Waals surface area contributed by atoms with E-state index in [1.807, 2.05) is 13.8 Å². The zero-order valence-electron chi connectivity index (χ0n) is 12.8. The lowest BCUT2D eigenvalue weighted by Gasteiger charge is -2.24. The number of carbonyl (C=O) groups excluding carboxylic acids is 1. The second-order valence-corrected chi connectivity index (χ2v) is 7.87. The minimum absolute atomic E-state index is 0.0354. The van der Waals surface area contributed by atoms with Crippen molar-refractivity contribution < 1.29 is 13.2 Å². The molecular weight excluding hydrogens is 324 g/mol. The van der Waals surface area contributed by atoms with E-state index in [-0.39, 0.29) is 16.8 Å². The monoisotopic (exact) mass is 344 g/mol. The van der Waals surface area contributed by atoms with Gasteiger partial charge in [-0.15, -0.1) is 0 Å². The van der Waals surface area contributed by atoms with Gasteiger partial charge in [-0.1, -0.05) is 18.5 Å². The van der Waals surface area contributed by atoms with Crippen LogP contribution < -0.4 is 5.32 Å². The molecule has 1 amide bonds. The maximum absolute atomic E-state index is 12.7. The summed E-state index contributed by atoms with van der Waals surface area (Å²) >= 11 is 5.80. The Hall–Kier alpha value is -1.11. The van der Waals surface area contributed by atoms with Crippen LogP contribution in [0.4, 0.5) is 0 Å². The molecule has 122 valence electrons. The van der Waals surface area contributed by atoms with Gasteiger partial charge in [-0.3, -0.25) is 4.79 Å². The average Bonchev–Trinajstić information content (AvgIpc) is 2.97. The highest BCUT2D eigenvalue weighted by Crippen LogP contribution is 2.27. The number of halogens is 1. The molecule has 2 atom stereocenters. The van der Waals surface area contributed by atoms with Crippen molar-refractivity contribution >= 4 is 27.5 Å². The van der Waals surface area contributed by atoms with Crippen molar-refractivity contribution in [2.24, 2.45) is 0 Å². The molecule has 1 aromatic rings. The maximum atomic E-state index is 12.7. The number of hydrogen-bond donors (Lipinski definition) is 1. The zero-order chi connectivity index (χ0) is 16.3. The van der Waals surface area contributed by atoms with Crippen molar-refractivity contribution in [2.45, 2.75) is 50.1 Å². The molecule has 1 aliphatic heterocycles. The Balaban J connectivity index is 2.22. The predicted octanol–water partition coefficient (Wildman–Crippen LogP) is 2.41. The highest BCUT2D eigenvalue weighted by Gasteiger charge is 2.39. The van der Waals surface area contributed by atoms with E-state index >= 15 is 0 Å². The van der Waals surface area contributed by atoms with Crippen molar-refractivity contribution in [3.8, 4) is 0 Å². The van der Waals surface area contributed by atoms with Gasteiger partial charge < -0.3 is 5.32 Å². The SMILES string of the molecule is CC[C@@H](C)NC(=O)[C@@H]1CCCN1S(=O)(=O)c1ccc(Cl)cc1. The van der Waals surface area contributed by atoms with Crippen molar-refractivity contribution in [2.75, 3.05) is 6.54 Å². The highest BCUT2D eigenvalue weighted by atomic mass is 35.5. The Labute approximate surface area is 136 Å². The Kier molecular flexibility index (Phi) is 5.47. The third-order valence-corrected chi connectivity index (χ3v) is 6.10. The summed E-state index contributed by atoms with van der Waals surface area (Å²) in [6.07, 6.45) is 2.04. The minimum atomic E-state index is -3.68. The third-order valence-electron chi connectivity index (χ3n) is 3.93. The predicted molar refractivity (Wildman–Crippen MR) is 86.3 cm³/mol. The second kappa shape index (κ2) is 6.98. The van der Waals surface area contributed by atoms with Crippen LogP contribution in [0.3, 0.4) is 0 Å². The van der Waals surface area contributed by atoms with E-state index in [2.05, 4.69) is 5.32 Å². The van der Waals surface area contributed by atoms with Gasteiger partial charge in [-0.25, -0.2) is 8.42 Å². The van der Waals surface area contributed by atoms with Gasteiger partial charge in [-0.2, -0.15) is 4.31 Å². The third kappa shape index (κ3) is 3.62. The standard InChI is InChI=1S/C15H21ClN2O3S/c1-3-11(2)17-15(19)14-5-4-10-18(14)22(20,21)13-8-6-12(16)7-9-13/h6-9,11,14H,3-5,10H2,1-2H3,(H,17,19)/t11-,14+/m1/s1. The van der Waals surface area contributed by atoms with Crippen LogP contribution in [0.5, 0.6) is 0 Å². The number of benzene rings is 1. The Bertz CT molecular complexity index is 631. The molecular formula is C15H21ClN2O3S. The Morgan fingerprint density at radius 3 is 2.64 bits per heavy atom. The molecule has 7 heteroatoms. The first kappa shape index (κ1) is 17.2. The van der Waals surface area contributed by atoms with E-state index in [9.17, 15) is 13.2 Å².